The van der Waals surface area contributed by atoms with Crippen molar-refractivity contribution in [1.82, 2.24) is 5.32 Å². The highest BCUT2D eigenvalue weighted by atomic mass is 16.6. The molecule has 1 saturated heterocycles. The molecule has 1 fully saturated rings. The van der Waals surface area contributed by atoms with E-state index in [9.17, 15) is 14.9 Å². The molecule has 1 unspecified atom stereocenters. The number of rotatable bonds is 4. The quantitative estimate of drug-likeness (QED) is 0.681. The van der Waals surface area contributed by atoms with Crippen molar-refractivity contribution in [2.24, 2.45) is 11.3 Å². The highest BCUT2D eigenvalue weighted by Gasteiger charge is 2.45. The predicted octanol–water partition coefficient (Wildman–Crippen LogP) is 2.19. The monoisotopic (exact) mass is 291 g/mol. The predicted molar refractivity (Wildman–Crippen MR) is 81.3 cm³/mol. The molecule has 0 radical (unpaired) electrons. The van der Waals surface area contributed by atoms with Crippen LogP contribution >= 0.6 is 0 Å². The number of nitro groups is 1. The van der Waals surface area contributed by atoms with Crippen LogP contribution in [0.3, 0.4) is 0 Å². The molecular weight excluding hydrogens is 270 g/mol. The average molecular weight is 291 g/mol. The third-order valence-corrected chi connectivity index (χ3v) is 4.47. The minimum Gasteiger partial charge on any atom is -0.316 e. The van der Waals surface area contributed by atoms with Gasteiger partial charge in [0, 0.05) is 31.4 Å². The molecule has 6 heteroatoms. The van der Waals surface area contributed by atoms with Gasteiger partial charge in [0.2, 0.25) is 5.91 Å². The van der Waals surface area contributed by atoms with Crippen molar-refractivity contribution in [3.05, 3.63) is 34.4 Å². The van der Waals surface area contributed by atoms with E-state index in [4.69, 9.17) is 0 Å². The number of anilines is 1. The first-order valence-electron chi connectivity index (χ1n) is 7.12. The van der Waals surface area contributed by atoms with Crippen LogP contribution in [0.2, 0.25) is 0 Å². The van der Waals surface area contributed by atoms with E-state index in [1.54, 1.807) is 24.1 Å². The third-order valence-electron chi connectivity index (χ3n) is 4.47. The van der Waals surface area contributed by atoms with E-state index in [0.29, 0.717) is 12.2 Å². The summed E-state index contributed by atoms with van der Waals surface area (Å²) >= 11 is 0. The summed E-state index contributed by atoms with van der Waals surface area (Å²) < 4.78 is 0. The molecule has 1 aromatic carbocycles. The Morgan fingerprint density at radius 1 is 1.38 bits per heavy atom. The molecule has 1 aliphatic heterocycles. The summed E-state index contributed by atoms with van der Waals surface area (Å²) in [6.45, 7) is 5.65. The molecule has 0 aliphatic carbocycles. The van der Waals surface area contributed by atoms with Crippen LogP contribution in [0.1, 0.15) is 20.3 Å². The van der Waals surface area contributed by atoms with E-state index in [-0.39, 0.29) is 17.5 Å². The van der Waals surface area contributed by atoms with E-state index >= 15 is 0 Å². The van der Waals surface area contributed by atoms with Crippen LogP contribution in [0.15, 0.2) is 24.3 Å². The Balaban J connectivity index is 2.24. The van der Waals surface area contributed by atoms with E-state index < -0.39 is 10.3 Å². The summed E-state index contributed by atoms with van der Waals surface area (Å²) in [6.07, 6.45) is 0.820. The molecule has 1 amide bonds. The lowest BCUT2D eigenvalue weighted by Gasteiger charge is -2.35. The van der Waals surface area contributed by atoms with Crippen molar-refractivity contribution in [2.75, 3.05) is 25.0 Å². The molecule has 6 nitrogen and oxygen atoms in total. The summed E-state index contributed by atoms with van der Waals surface area (Å²) in [5.41, 5.74) is 0.314. The van der Waals surface area contributed by atoms with Gasteiger partial charge < -0.3 is 10.2 Å². The summed E-state index contributed by atoms with van der Waals surface area (Å²) in [5.74, 6) is 0.303. The van der Waals surface area contributed by atoms with Gasteiger partial charge in [-0.25, -0.2) is 0 Å². The number of benzene rings is 1. The molecule has 2 rings (SSSR count). The third kappa shape index (κ3) is 2.76. The first kappa shape index (κ1) is 15.4. The van der Waals surface area contributed by atoms with Crippen LogP contribution in [0.4, 0.5) is 11.4 Å². The van der Waals surface area contributed by atoms with Gasteiger partial charge in [-0.3, -0.25) is 14.9 Å². The van der Waals surface area contributed by atoms with Gasteiger partial charge in [0.25, 0.3) is 5.69 Å². The van der Waals surface area contributed by atoms with Gasteiger partial charge in [-0.2, -0.15) is 0 Å². The zero-order valence-electron chi connectivity index (χ0n) is 12.6. The van der Waals surface area contributed by atoms with Crippen molar-refractivity contribution in [3.63, 3.8) is 0 Å². The van der Waals surface area contributed by atoms with Crippen LogP contribution in [-0.2, 0) is 4.79 Å². The SMILES string of the molecule is CC(C)C1(C(=O)N(C)c2ccc([N+](=O)[O-])cc2)CCNC1. The van der Waals surface area contributed by atoms with Gasteiger partial charge in [0.1, 0.15) is 0 Å². The number of nitrogens with zero attached hydrogens (tertiary/aromatic N) is 2. The molecule has 1 aliphatic rings. The topological polar surface area (TPSA) is 75.5 Å². The zero-order valence-corrected chi connectivity index (χ0v) is 12.6. The molecule has 1 atom stereocenters. The van der Waals surface area contributed by atoms with Gasteiger partial charge in [0.05, 0.1) is 10.3 Å². The highest BCUT2D eigenvalue weighted by molar-refractivity contribution is 5.97. The lowest BCUT2D eigenvalue weighted by Crippen LogP contribution is -2.47. The molecule has 0 bridgehead atoms. The Bertz CT molecular complexity index is 534. The van der Waals surface area contributed by atoms with Gasteiger partial charge in [-0.1, -0.05) is 13.8 Å². The van der Waals surface area contributed by atoms with E-state index in [0.717, 1.165) is 13.0 Å². The number of nitrogens with one attached hydrogen (secondary N) is 1. The number of amides is 1. The summed E-state index contributed by atoms with van der Waals surface area (Å²) in [6, 6.07) is 6.08. The first-order valence-corrected chi connectivity index (χ1v) is 7.12. The maximum Gasteiger partial charge on any atom is 0.269 e. The van der Waals surface area contributed by atoms with Crippen molar-refractivity contribution >= 4 is 17.3 Å². The lowest BCUT2D eigenvalue weighted by atomic mass is 9.75. The lowest BCUT2D eigenvalue weighted by molar-refractivity contribution is -0.384. The number of non-ortho nitro benzene ring substituents is 1. The zero-order chi connectivity index (χ0) is 15.6. The summed E-state index contributed by atoms with van der Waals surface area (Å²) in [7, 11) is 1.73. The normalized spacial score (nSPS) is 21.5. The van der Waals surface area contributed by atoms with E-state index in [2.05, 4.69) is 19.2 Å². The van der Waals surface area contributed by atoms with E-state index in [1.165, 1.54) is 12.1 Å². The molecule has 0 saturated carbocycles. The standard InChI is InChI=1S/C15H21N3O3/c1-11(2)15(8-9-16-10-15)14(19)17(3)12-4-6-13(7-5-12)18(20)21/h4-7,11,16H,8-10H2,1-3H3. The maximum absolute atomic E-state index is 12.9. The van der Waals surface area contributed by atoms with Gasteiger partial charge in [-0.15, -0.1) is 0 Å². The molecule has 1 heterocycles. The Kier molecular flexibility index (Phi) is 4.27. The fourth-order valence-electron chi connectivity index (χ4n) is 2.88. The van der Waals surface area contributed by atoms with Crippen molar-refractivity contribution in [3.8, 4) is 0 Å². The molecule has 0 aromatic heterocycles. The smallest absolute Gasteiger partial charge is 0.269 e. The van der Waals surface area contributed by atoms with Crippen LogP contribution in [-0.4, -0.2) is 31.0 Å². The van der Waals surface area contributed by atoms with Crippen LogP contribution < -0.4 is 10.2 Å². The molecule has 114 valence electrons. The number of hydrogen-bond acceptors (Lipinski definition) is 4. The second-order valence-corrected chi connectivity index (χ2v) is 5.88. The van der Waals surface area contributed by atoms with Crippen molar-refractivity contribution in [1.29, 1.82) is 0 Å². The van der Waals surface area contributed by atoms with Crippen LogP contribution in [0.25, 0.3) is 0 Å². The van der Waals surface area contributed by atoms with Crippen molar-refractivity contribution < 1.29 is 9.72 Å². The Morgan fingerprint density at radius 2 is 2.00 bits per heavy atom. The van der Waals surface area contributed by atoms with Gasteiger partial charge in [0.15, 0.2) is 0 Å². The van der Waals surface area contributed by atoms with Crippen molar-refractivity contribution in [2.45, 2.75) is 20.3 Å². The minimum atomic E-state index is -0.442. The average Bonchev–Trinajstić information content (AvgIpc) is 2.96. The summed E-state index contributed by atoms with van der Waals surface area (Å²) in [5, 5.41) is 14.0. The number of carbonyl (C=O) groups is 1. The number of hydrogen-bond donors (Lipinski definition) is 1. The first-order chi connectivity index (χ1) is 9.88. The Labute approximate surface area is 124 Å². The maximum atomic E-state index is 12.9. The van der Waals surface area contributed by atoms with E-state index in [1.807, 2.05) is 0 Å². The number of nitro benzene ring substituents is 1. The molecule has 21 heavy (non-hydrogen) atoms. The molecular formula is C15H21N3O3. The van der Waals surface area contributed by atoms with Crippen LogP contribution in [0, 0.1) is 21.4 Å². The summed E-state index contributed by atoms with van der Waals surface area (Å²) in [4.78, 5) is 24.7. The Morgan fingerprint density at radius 3 is 2.43 bits per heavy atom. The Hall–Kier alpha value is -1.95. The fraction of sp³-hybridized carbons (Fsp3) is 0.533. The second-order valence-electron chi connectivity index (χ2n) is 5.88. The van der Waals surface area contributed by atoms with Gasteiger partial charge in [-0.05, 0) is 31.0 Å². The number of carbonyl (C=O) groups excluding carboxylic acids is 1. The highest BCUT2D eigenvalue weighted by Crippen LogP contribution is 2.37. The fourth-order valence-corrected chi connectivity index (χ4v) is 2.88. The molecule has 1 N–H and O–H groups in total. The molecule has 1 aromatic rings. The minimum absolute atomic E-state index is 0.0284. The van der Waals surface area contributed by atoms with Crippen LogP contribution in [0.5, 0.6) is 0 Å². The molecule has 0 spiro atoms. The second kappa shape index (κ2) is 5.81. The van der Waals surface area contributed by atoms with Gasteiger partial charge >= 0.3 is 0 Å². The largest absolute Gasteiger partial charge is 0.316 e.